The summed E-state index contributed by atoms with van der Waals surface area (Å²) in [7, 11) is 0. The van der Waals surface area contributed by atoms with Crippen molar-refractivity contribution < 1.29 is 23.9 Å². The van der Waals surface area contributed by atoms with E-state index in [4.69, 9.17) is 9.47 Å². The predicted molar refractivity (Wildman–Crippen MR) is 193 cm³/mol. The minimum absolute atomic E-state index is 0.0564. The molecular formula is C42H37N3O5. The van der Waals surface area contributed by atoms with Crippen molar-refractivity contribution in [3.63, 3.8) is 0 Å². The summed E-state index contributed by atoms with van der Waals surface area (Å²) in [6.07, 6.45) is 1.79. The molecule has 0 saturated heterocycles. The number of nitrogens with one attached hydrogen (secondary N) is 3. The van der Waals surface area contributed by atoms with Gasteiger partial charge in [-0.2, -0.15) is 0 Å². The number of benzene rings is 5. The highest BCUT2D eigenvalue weighted by atomic mass is 16.5. The molecule has 0 saturated carbocycles. The van der Waals surface area contributed by atoms with Crippen molar-refractivity contribution in [3.05, 3.63) is 167 Å². The first kappa shape index (κ1) is 32.4. The van der Waals surface area contributed by atoms with Gasteiger partial charge in [0.05, 0.1) is 11.6 Å². The molecule has 50 heavy (non-hydrogen) atoms. The van der Waals surface area contributed by atoms with Gasteiger partial charge in [-0.25, -0.2) is 9.59 Å². The molecule has 1 aliphatic carbocycles. The van der Waals surface area contributed by atoms with Crippen LogP contribution in [0.5, 0.6) is 0 Å². The van der Waals surface area contributed by atoms with Crippen LogP contribution in [-0.2, 0) is 27.1 Å². The van der Waals surface area contributed by atoms with Crippen molar-refractivity contribution in [2.45, 2.75) is 30.8 Å². The summed E-state index contributed by atoms with van der Waals surface area (Å²) < 4.78 is 11.5. The summed E-state index contributed by atoms with van der Waals surface area (Å²) in [5, 5.41) is 6.88. The topological polar surface area (TPSA) is 110 Å². The second-order valence-electron chi connectivity index (χ2n) is 12.4. The Kier molecular flexibility index (Phi) is 9.69. The number of hydrogen-bond acceptors (Lipinski definition) is 5. The molecule has 1 heterocycles. The third kappa shape index (κ3) is 7.29. The Morgan fingerprint density at radius 1 is 0.660 bits per heavy atom. The number of fused-ring (bicyclic) bond motifs is 4. The Balaban J connectivity index is 1.09. The Bertz CT molecular complexity index is 2070. The van der Waals surface area contributed by atoms with E-state index in [1.807, 2.05) is 91.1 Å². The molecule has 0 aliphatic heterocycles. The molecule has 0 bridgehead atoms. The monoisotopic (exact) mass is 663 g/mol. The zero-order chi connectivity index (χ0) is 34.3. The van der Waals surface area contributed by atoms with Gasteiger partial charge in [0, 0.05) is 29.4 Å². The van der Waals surface area contributed by atoms with E-state index in [1.54, 1.807) is 24.3 Å². The maximum Gasteiger partial charge on any atom is 0.407 e. The zero-order valence-electron chi connectivity index (χ0n) is 27.4. The highest BCUT2D eigenvalue weighted by molar-refractivity contribution is 5.90. The summed E-state index contributed by atoms with van der Waals surface area (Å²) in [6.45, 7) is 0.0620. The summed E-state index contributed by atoms with van der Waals surface area (Å²) in [5.41, 5.74) is 7.65. The molecule has 6 aromatic rings. The number of ether oxygens (including phenoxy) is 2. The number of aromatic nitrogens is 1. The first-order valence-corrected chi connectivity index (χ1v) is 16.8. The molecule has 0 unspecified atom stereocenters. The lowest BCUT2D eigenvalue weighted by Crippen LogP contribution is -2.52. The molecule has 5 aromatic carbocycles. The van der Waals surface area contributed by atoms with Crippen molar-refractivity contribution in [3.8, 4) is 11.1 Å². The lowest BCUT2D eigenvalue weighted by atomic mass is 9.98. The second kappa shape index (κ2) is 15.0. The van der Waals surface area contributed by atoms with E-state index >= 15 is 0 Å². The van der Waals surface area contributed by atoms with Crippen LogP contribution in [0, 0.1) is 0 Å². The van der Waals surface area contributed by atoms with E-state index in [1.165, 1.54) is 0 Å². The summed E-state index contributed by atoms with van der Waals surface area (Å²) in [6, 6.07) is 40.9. The molecule has 2 atom stereocenters. The number of para-hydroxylation sites is 1. The first-order valence-electron chi connectivity index (χ1n) is 16.8. The van der Waals surface area contributed by atoms with Crippen molar-refractivity contribution >= 4 is 28.9 Å². The summed E-state index contributed by atoms with van der Waals surface area (Å²) in [5.74, 6) is -1.02. The number of amides is 2. The lowest BCUT2D eigenvalue weighted by molar-refractivity contribution is -0.124. The number of carbonyl (C=O) groups is 3. The summed E-state index contributed by atoms with van der Waals surface area (Å²) in [4.78, 5) is 43.7. The zero-order valence-corrected chi connectivity index (χ0v) is 27.4. The number of aromatic amines is 1. The molecular weight excluding hydrogens is 626 g/mol. The SMILES string of the molecule is O=C(N[C@@H](Cc1c[nH]c2ccccc12)C(=O)N[C@@H](COC(=O)c1ccccc1)Cc1ccccc1)OCC1c2ccccc2-c2ccccc21. The molecule has 0 radical (unpaired) electrons. The van der Waals surface area contributed by atoms with Gasteiger partial charge < -0.3 is 25.1 Å². The third-order valence-electron chi connectivity index (χ3n) is 9.15. The van der Waals surface area contributed by atoms with Gasteiger partial charge >= 0.3 is 12.1 Å². The molecule has 7 rings (SSSR count). The van der Waals surface area contributed by atoms with Crippen molar-refractivity contribution in [1.82, 2.24) is 15.6 Å². The Hall–Kier alpha value is -6.15. The van der Waals surface area contributed by atoms with Gasteiger partial charge in [-0.15, -0.1) is 0 Å². The minimum atomic E-state index is -0.979. The van der Waals surface area contributed by atoms with E-state index in [9.17, 15) is 14.4 Å². The van der Waals surface area contributed by atoms with E-state index < -0.39 is 30.1 Å². The molecule has 250 valence electrons. The van der Waals surface area contributed by atoms with Gasteiger partial charge in [-0.1, -0.05) is 115 Å². The molecule has 8 heteroatoms. The van der Waals surface area contributed by atoms with Crippen LogP contribution in [0.1, 0.15) is 38.5 Å². The van der Waals surface area contributed by atoms with Gasteiger partial charge in [0.25, 0.3) is 0 Å². The van der Waals surface area contributed by atoms with Crippen LogP contribution in [0.4, 0.5) is 4.79 Å². The number of rotatable bonds is 12. The molecule has 0 fully saturated rings. The molecule has 2 amide bonds. The van der Waals surface area contributed by atoms with E-state index in [-0.39, 0.29) is 25.6 Å². The number of carbonyl (C=O) groups excluding carboxylic acids is 3. The largest absolute Gasteiger partial charge is 0.460 e. The predicted octanol–water partition coefficient (Wildman–Crippen LogP) is 7.20. The molecule has 1 aromatic heterocycles. The van der Waals surface area contributed by atoms with Crippen molar-refractivity contribution in [2.75, 3.05) is 13.2 Å². The Labute approximate surface area is 290 Å². The number of hydrogen-bond donors (Lipinski definition) is 3. The highest BCUT2D eigenvalue weighted by Crippen LogP contribution is 2.44. The lowest BCUT2D eigenvalue weighted by Gasteiger charge is -2.24. The number of alkyl carbamates (subject to hydrolysis) is 1. The number of esters is 1. The maximum atomic E-state index is 14.1. The van der Waals surface area contributed by atoms with Crippen molar-refractivity contribution in [2.24, 2.45) is 0 Å². The molecule has 3 N–H and O–H groups in total. The molecule has 1 aliphatic rings. The fourth-order valence-corrected chi connectivity index (χ4v) is 6.70. The van der Waals surface area contributed by atoms with Gasteiger partial charge in [-0.05, 0) is 58.0 Å². The maximum absolute atomic E-state index is 14.1. The van der Waals surface area contributed by atoms with Crippen molar-refractivity contribution in [1.29, 1.82) is 0 Å². The fraction of sp³-hybridized carbons (Fsp3) is 0.167. The Morgan fingerprint density at radius 2 is 1.28 bits per heavy atom. The summed E-state index contributed by atoms with van der Waals surface area (Å²) >= 11 is 0. The quantitative estimate of drug-likeness (QED) is 0.120. The average molecular weight is 664 g/mol. The highest BCUT2D eigenvalue weighted by Gasteiger charge is 2.31. The molecule has 8 nitrogen and oxygen atoms in total. The van der Waals surface area contributed by atoms with Gasteiger partial charge in [-0.3, -0.25) is 4.79 Å². The molecule has 0 spiro atoms. The van der Waals surface area contributed by atoms with Crippen LogP contribution < -0.4 is 10.6 Å². The van der Waals surface area contributed by atoms with E-state index in [0.717, 1.165) is 44.3 Å². The van der Waals surface area contributed by atoms with Gasteiger partial charge in [0.2, 0.25) is 5.91 Å². The van der Waals surface area contributed by atoms with E-state index in [2.05, 4.69) is 39.9 Å². The van der Waals surface area contributed by atoms with Crippen LogP contribution in [0.2, 0.25) is 0 Å². The third-order valence-corrected chi connectivity index (χ3v) is 9.15. The van der Waals surface area contributed by atoms with Crippen LogP contribution in [0.15, 0.2) is 140 Å². The number of H-pyrrole nitrogens is 1. The fourth-order valence-electron chi connectivity index (χ4n) is 6.70. The Morgan fingerprint density at radius 3 is 2.00 bits per heavy atom. The smallest absolute Gasteiger partial charge is 0.407 e. The van der Waals surface area contributed by atoms with Crippen LogP contribution in [0.3, 0.4) is 0 Å². The van der Waals surface area contributed by atoms with E-state index in [0.29, 0.717) is 12.0 Å². The van der Waals surface area contributed by atoms with Gasteiger partial charge in [0.15, 0.2) is 0 Å². The minimum Gasteiger partial charge on any atom is -0.460 e. The normalized spacial score (nSPS) is 13.1. The standard InChI is InChI=1S/C42H37N3O5/c46-40(44-31(23-28-13-3-1-4-14-28)26-49-41(47)29-15-5-2-6-16-29)39(24-30-25-43-38-22-12-11-17-32(30)38)45-42(48)50-27-37-35-20-9-7-18-33(35)34-19-8-10-21-36(34)37/h1-22,25,31,37,39,43H,23-24,26-27H2,(H,44,46)(H,45,48)/t31-,39+/m1/s1. The first-order chi connectivity index (χ1) is 24.5. The van der Waals surface area contributed by atoms with Crippen LogP contribution in [0.25, 0.3) is 22.0 Å². The average Bonchev–Trinajstić information content (AvgIpc) is 3.72. The van der Waals surface area contributed by atoms with Gasteiger partial charge in [0.1, 0.15) is 19.3 Å². The van der Waals surface area contributed by atoms with Crippen LogP contribution >= 0.6 is 0 Å². The second-order valence-corrected chi connectivity index (χ2v) is 12.4. The van der Waals surface area contributed by atoms with Crippen LogP contribution in [-0.4, -0.2) is 48.3 Å².